The maximum atomic E-state index is 12.4. The van der Waals surface area contributed by atoms with Gasteiger partial charge in [-0.05, 0) is 37.9 Å². The van der Waals surface area contributed by atoms with Gasteiger partial charge in [0, 0.05) is 18.5 Å². The molecule has 0 spiro atoms. The van der Waals surface area contributed by atoms with E-state index in [1.165, 1.54) is 22.7 Å². The highest BCUT2D eigenvalue weighted by molar-refractivity contribution is 7.13. The number of fused-ring (bicyclic) bond motifs is 1. The lowest BCUT2D eigenvalue weighted by atomic mass is 10.0. The Bertz CT molecular complexity index is 687. The van der Waals surface area contributed by atoms with Crippen LogP contribution in [0.1, 0.15) is 26.0 Å². The molecule has 0 radical (unpaired) electrons. The first-order chi connectivity index (χ1) is 9.65. The molecule has 1 aliphatic heterocycles. The van der Waals surface area contributed by atoms with Crippen molar-refractivity contribution in [3.63, 3.8) is 0 Å². The van der Waals surface area contributed by atoms with Crippen molar-refractivity contribution in [2.75, 3.05) is 13.1 Å². The molecule has 104 valence electrons. The molecule has 0 saturated heterocycles. The van der Waals surface area contributed by atoms with Crippen LogP contribution in [0.15, 0.2) is 35.4 Å². The first-order valence-corrected chi connectivity index (χ1v) is 7.69. The van der Waals surface area contributed by atoms with E-state index in [2.05, 4.69) is 24.3 Å². The van der Waals surface area contributed by atoms with Gasteiger partial charge in [-0.2, -0.15) is 4.37 Å². The third-order valence-corrected chi connectivity index (χ3v) is 4.90. The van der Waals surface area contributed by atoms with E-state index in [0.29, 0.717) is 6.42 Å². The van der Waals surface area contributed by atoms with Crippen molar-refractivity contribution in [3.8, 4) is 0 Å². The van der Waals surface area contributed by atoms with Gasteiger partial charge in [-0.1, -0.05) is 29.3 Å². The van der Waals surface area contributed by atoms with E-state index in [4.69, 9.17) is 0 Å². The number of rotatable bonds is 2. The fraction of sp³-hybridized carbons (Fsp3) is 0.375. The van der Waals surface area contributed by atoms with E-state index in [1.807, 2.05) is 23.1 Å². The summed E-state index contributed by atoms with van der Waals surface area (Å²) < 4.78 is 5.60. The SMILES string of the molecule is CC1=C(C)CN(C(=O)Cc2nsc3ccccc23)CC1. The Morgan fingerprint density at radius 2 is 2.10 bits per heavy atom. The lowest BCUT2D eigenvalue weighted by molar-refractivity contribution is -0.130. The Balaban J connectivity index is 1.77. The molecule has 1 aliphatic rings. The van der Waals surface area contributed by atoms with E-state index < -0.39 is 0 Å². The molecule has 0 fully saturated rings. The Morgan fingerprint density at radius 1 is 1.30 bits per heavy atom. The maximum absolute atomic E-state index is 12.4. The molecule has 0 unspecified atom stereocenters. The van der Waals surface area contributed by atoms with Crippen molar-refractivity contribution in [3.05, 3.63) is 41.1 Å². The van der Waals surface area contributed by atoms with Gasteiger partial charge in [-0.3, -0.25) is 4.79 Å². The summed E-state index contributed by atoms with van der Waals surface area (Å²) >= 11 is 1.47. The molecule has 0 saturated carbocycles. The molecule has 0 atom stereocenters. The Kier molecular flexibility index (Phi) is 3.57. The van der Waals surface area contributed by atoms with E-state index in [1.54, 1.807) is 0 Å². The summed E-state index contributed by atoms with van der Waals surface area (Å²) in [6.07, 6.45) is 1.41. The smallest absolute Gasteiger partial charge is 0.228 e. The van der Waals surface area contributed by atoms with Gasteiger partial charge in [-0.15, -0.1) is 0 Å². The second-order valence-electron chi connectivity index (χ2n) is 5.43. The van der Waals surface area contributed by atoms with Gasteiger partial charge in [0.25, 0.3) is 0 Å². The third-order valence-electron chi connectivity index (χ3n) is 4.04. The highest BCUT2D eigenvalue weighted by Crippen LogP contribution is 2.24. The van der Waals surface area contributed by atoms with Gasteiger partial charge in [-0.25, -0.2) is 0 Å². The van der Waals surface area contributed by atoms with Gasteiger partial charge < -0.3 is 4.90 Å². The second-order valence-corrected chi connectivity index (χ2v) is 6.23. The van der Waals surface area contributed by atoms with Crippen LogP contribution in [0, 0.1) is 0 Å². The summed E-state index contributed by atoms with van der Waals surface area (Å²) in [6.45, 7) is 5.88. The lowest BCUT2D eigenvalue weighted by Gasteiger charge is -2.28. The summed E-state index contributed by atoms with van der Waals surface area (Å²) in [4.78, 5) is 14.4. The van der Waals surface area contributed by atoms with Crippen molar-refractivity contribution in [2.24, 2.45) is 0 Å². The van der Waals surface area contributed by atoms with Crippen LogP contribution in [0.25, 0.3) is 10.1 Å². The van der Waals surface area contributed by atoms with Crippen LogP contribution in [0.2, 0.25) is 0 Å². The minimum atomic E-state index is 0.188. The maximum Gasteiger partial charge on any atom is 0.228 e. The van der Waals surface area contributed by atoms with Crippen LogP contribution < -0.4 is 0 Å². The van der Waals surface area contributed by atoms with Crippen LogP contribution in [0.3, 0.4) is 0 Å². The molecular formula is C16H18N2OS. The number of benzene rings is 1. The molecule has 2 heterocycles. The van der Waals surface area contributed by atoms with Crippen LogP contribution in [-0.2, 0) is 11.2 Å². The molecule has 0 aliphatic carbocycles. The van der Waals surface area contributed by atoms with Gasteiger partial charge in [0.15, 0.2) is 0 Å². The number of hydrogen-bond donors (Lipinski definition) is 0. The monoisotopic (exact) mass is 286 g/mol. The summed E-state index contributed by atoms with van der Waals surface area (Å²) in [5, 5.41) is 1.12. The van der Waals surface area contributed by atoms with Gasteiger partial charge in [0.1, 0.15) is 0 Å². The average Bonchev–Trinajstić information content (AvgIpc) is 2.85. The molecule has 1 amide bonds. The van der Waals surface area contributed by atoms with Crippen molar-refractivity contribution in [2.45, 2.75) is 26.7 Å². The fourth-order valence-electron chi connectivity index (χ4n) is 2.55. The predicted octanol–water partition coefficient (Wildman–Crippen LogP) is 3.41. The van der Waals surface area contributed by atoms with E-state index in [0.717, 1.165) is 35.3 Å². The van der Waals surface area contributed by atoms with Crippen LogP contribution in [0.4, 0.5) is 0 Å². The largest absolute Gasteiger partial charge is 0.338 e. The zero-order chi connectivity index (χ0) is 14.1. The average molecular weight is 286 g/mol. The van der Waals surface area contributed by atoms with Crippen LogP contribution in [0.5, 0.6) is 0 Å². The molecular weight excluding hydrogens is 268 g/mol. The molecule has 0 bridgehead atoms. The van der Waals surface area contributed by atoms with Gasteiger partial charge in [0.05, 0.1) is 16.8 Å². The van der Waals surface area contributed by atoms with E-state index in [-0.39, 0.29) is 5.91 Å². The number of carbonyl (C=O) groups is 1. The predicted molar refractivity (Wildman–Crippen MR) is 82.9 cm³/mol. The summed E-state index contributed by atoms with van der Waals surface area (Å²) in [7, 11) is 0. The first-order valence-electron chi connectivity index (χ1n) is 6.91. The molecule has 1 aromatic heterocycles. The molecule has 1 aromatic carbocycles. The summed E-state index contributed by atoms with van der Waals surface area (Å²) in [5.74, 6) is 0.188. The van der Waals surface area contributed by atoms with E-state index in [9.17, 15) is 4.79 Å². The number of amides is 1. The third kappa shape index (κ3) is 2.48. The molecule has 0 N–H and O–H groups in total. The number of carbonyl (C=O) groups excluding carboxylic acids is 1. The molecule has 2 aromatic rings. The van der Waals surface area contributed by atoms with Crippen molar-refractivity contribution >= 4 is 27.5 Å². The highest BCUT2D eigenvalue weighted by atomic mass is 32.1. The van der Waals surface area contributed by atoms with Gasteiger partial charge >= 0.3 is 0 Å². The minimum Gasteiger partial charge on any atom is -0.338 e. The zero-order valence-corrected chi connectivity index (χ0v) is 12.7. The number of hydrogen-bond acceptors (Lipinski definition) is 3. The van der Waals surface area contributed by atoms with E-state index >= 15 is 0 Å². The highest BCUT2D eigenvalue weighted by Gasteiger charge is 2.20. The molecule has 20 heavy (non-hydrogen) atoms. The minimum absolute atomic E-state index is 0.188. The molecule has 4 heteroatoms. The topological polar surface area (TPSA) is 33.2 Å². The lowest BCUT2D eigenvalue weighted by Crippen LogP contribution is -2.37. The standard InChI is InChI=1S/C16H18N2OS/c1-11-7-8-18(10-12(11)2)16(19)9-14-13-5-3-4-6-15(13)20-17-14/h3-6H,7-10H2,1-2H3. The molecule has 3 nitrogen and oxygen atoms in total. The number of nitrogens with zero attached hydrogens (tertiary/aromatic N) is 2. The van der Waals surface area contributed by atoms with Crippen LogP contribution in [-0.4, -0.2) is 28.3 Å². The van der Waals surface area contributed by atoms with Crippen LogP contribution >= 0.6 is 11.5 Å². The van der Waals surface area contributed by atoms with Crippen molar-refractivity contribution in [1.82, 2.24) is 9.27 Å². The summed E-state index contributed by atoms with van der Waals surface area (Å²) in [6, 6.07) is 8.11. The fourth-order valence-corrected chi connectivity index (χ4v) is 3.34. The second kappa shape index (κ2) is 5.37. The Labute approximate surface area is 123 Å². The summed E-state index contributed by atoms with van der Waals surface area (Å²) in [5.41, 5.74) is 3.67. The Morgan fingerprint density at radius 3 is 2.90 bits per heavy atom. The Hall–Kier alpha value is -1.68. The first kappa shape index (κ1) is 13.3. The number of aromatic nitrogens is 1. The van der Waals surface area contributed by atoms with Gasteiger partial charge in [0.2, 0.25) is 5.91 Å². The van der Waals surface area contributed by atoms with Crippen molar-refractivity contribution < 1.29 is 4.79 Å². The quantitative estimate of drug-likeness (QED) is 0.793. The molecule has 3 rings (SSSR count). The normalized spacial score (nSPS) is 16.0. The van der Waals surface area contributed by atoms with Crippen molar-refractivity contribution in [1.29, 1.82) is 0 Å². The zero-order valence-electron chi connectivity index (χ0n) is 11.8.